The van der Waals surface area contributed by atoms with Gasteiger partial charge in [-0.25, -0.2) is 14.4 Å². The third kappa shape index (κ3) is 2.67. The van der Waals surface area contributed by atoms with E-state index in [1.54, 1.807) is 43.1 Å². The number of pyridine rings is 2. The third-order valence-electron chi connectivity index (χ3n) is 5.19. The second kappa shape index (κ2) is 6.49. The van der Waals surface area contributed by atoms with E-state index in [-0.39, 0.29) is 0 Å². The number of aromatic nitrogens is 6. The topological polar surface area (TPSA) is 122 Å². The molecule has 0 aliphatic heterocycles. The number of fused-ring (bicyclic) bond motifs is 2. The second-order valence-electron chi connectivity index (χ2n) is 7.08. The molecule has 150 valence electrons. The van der Waals surface area contributed by atoms with Gasteiger partial charge in [0.25, 0.3) is 0 Å². The molecule has 0 saturated carbocycles. The van der Waals surface area contributed by atoms with E-state index in [9.17, 15) is 0 Å². The largest absolute Gasteiger partial charge is 0.472 e. The minimum atomic E-state index is -0.433. The molecule has 0 amide bonds. The van der Waals surface area contributed by atoms with Crippen molar-refractivity contribution in [2.75, 3.05) is 5.73 Å². The van der Waals surface area contributed by atoms with Gasteiger partial charge in [0.1, 0.15) is 11.5 Å². The number of halogens is 1. The fraction of sp³-hybridized carbons (Fsp3) is 0. The molecule has 5 aromatic heterocycles. The molecular formula is C22H14FN7O. The molecule has 1 aromatic carbocycles. The summed E-state index contributed by atoms with van der Waals surface area (Å²) in [6.45, 7) is 0. The van der Waals surface area contributed by atoms with Crippen LogP contribution < -0.4 is 5.73 Å². The molecule has 0 spiro atoms. The van der Waals surface area contributed by atoms with Crippen molar-refractivity contribution in [1.29, 1.82) is 0 Å². The van der Waals surface area contributed by atoms with Crippen LogP contribution in [-0.4, -0.2) is 30.1 Å². The highest BCUT2D eigenvalue weighted by atomic mass is 19.1. The van der Waals surface area contributed by atoms with Gasteiger partial charge in [-0.2, -0.15) is 5.10 Å². The molecule has 0 fully saturated rings. The molecule has 4 N–H and O–H groups in total. The van der Waals surface area contributed by atoms with Crippen molar-refractivity contribution in [3.8, 4) is 33.8 Å². The molecule has 31 heavy (non-hydrogen) atoms. The second-order valence-corrected chi connectivity index (χ2v) is 7.08. The highest BCUT2D eigenvalue weighted by molar-refractivity contribution is 5.98. The van der Waals surface area contributed by atoms with Crippen LogP contribution >= 0.6 is 0 Å². The van der Waals surface area contributed by atoms with E-state index < -0.39 is 5.82 Å². The molecule has 8 nitrogen and oxygen atoms in total. The van der Waals surface area contributed by atoms with E-state index in [4.69, 9.17) is 10.2 Å². The fourth-order valence-electron chi connectivity index (χ4n) is 3.75. The van der Waals surface area contributed by atoms with E-state index in [0.717, 1.165) is 11.1 Å². The Bertz CT molecular complexity index is 1570. The number of benzene rings is 1. The highest BCUT2D eigenvalue weighted by Crippen LogP contribution is 2.35. The van der Waals surface area contributed by atoms with Crippen molar-refractivity contribution in [2.45, 2.75) is 0 Å². The zero-order valence-electron chi connectivity index (χ0n) is 15.9. The molecule has 5 heterocycles. The van der Waals surface area contributed by atoms with E-state index in [2.05, 4.69) is 30.1 Å². The molecule has 0 unspecified atom stereocenters. The quantitative estimate of drug-likeness (QED) is 0.393. The van der Waals surface area contributed by atoms with Crippen LogP contribution in [0.3, 0.4) is 0 Å². The summed E-state index contributed by atoms with van der Waals surface area (Å²) in [4.78, 5) is 16.2. The molecule has 0 bridgehead atoms. The Hall–Kier alpha value is -4.53. The Labute approximate surface area is 174 Å². The number of hydrogen-bond acceptors (Lipinski definition) is 6. The Balaban J connectivity index is 1.56. The first-order chi connectivity index (χ1) is 15.2. The number of rotatable bonds is 3. The Morgan fingerprint density at radius 2 is 1.97 bits per heavy atom. The maximum absolute atomic E-state index is 15.6. The van der Waals surface area contributed by atoms with Crippen molar-refractivity contribution < 1.29 is 8.81 Å². The first kappa shape index (κ1) is 17.3. The number of imidazole rings is 1. The summed E-state index contributed by atoms with van der Waals surface area (Å²) < 4.78 is 20.8. The van der Waals surface area contributed by atoms with Crippen LogP contribution in [0.4, 0.5) is 10.1 Å². The van der Waals surface area contributed by atoms with Crippen molar-refractivity contribution in [2.24, 2.45) is 0 Å². The number of nitrogens with one attached hydrogen (secondary N) is 2. The van der Waals surface area contributed by atoms with Gasteiger partial charge in [0.2, 0.25) is 0 Å². The zero-order chi connectivity index (χ0) is 20.9. The molecular weight excluding hydrogens is 397 g/mol. The standard InChI is InChI=1S/C22H14FN7O/c23-18-14(12-7-13(24)9-25-8-12)1-2-16-17(18)20(30-29-16)22-27-19-15(11-4-6-31-10-11)3-5-26-21(19)28-22/h1-10H,24H2,(H,29,30)(H,26,27,28). The van der Waals surface area contributed by atoms with Crippen LogP contribution in [0.5, 0.6) is 0 Å². The van der Waals surface area contributed by atoms with Gasteiger partial charge in [0.15, 0.2) is 11.5 Å². The Kier molecular flexibility index (Phi) is 3.63. The molecule has 6 rings (SSSR count). The lowest BCUT2D eigenvalue weighted by atomic mass is 10.0. The number of aromatic amines is 2. The summed E-state index contributed by atoms with van der Waals surface area (Å²) in [6.07, 6.45) is 8.00. The van der Waals surface area contributed by atoms with Crippen molar-refractivity contribution in [3.63, 3.8) is 0 Å². The van der Waals surface area contributed by atoms with Crippen molar-refractivity contribution >= 4 is 27.8 Å². The predicted molar refractivity (Wildman–Crippen MR) is 114 cm³/mol. The number of nitrogens with zero attached hydrogens (tertiary/aromatic N) is 4. The van der Waals surface area contributed by atoms with Crippen LogP contribution in [0, 0.1) is 5.82 Å². The van der Waals surface area contributed by atoms with Crippen molar-refractivity contribution in [3.05, 3.63) is 67.3 Å². The number of nitrogens with two attached hydrogens (primary N) is 1. The predicted octanol–water partition coefficient (Wildman–Crippen LogP) is 4.54. The third-order valence-corrected chi connectivity index (χ3v) is 5.19. The molecule has 0 radical (unpaired) electrons. The average Bonchev–Trinajstić information content (AvgIpc) is 3.52. The normalized spacial score (nSPS) is 11.5. The summed E-state index contributed by atoms with van der Waals surface area (Å²) in [6, 6.07) is 8.84. The number of hydrogen-bond donors (Lipinski definition) is 3. The highest BCUT2D eigenvalue weighted by Gasteiger charge is 2.20. The molecule has 0 aliphatic carbocycles. The average molecular weight is 411 g/mol. The Morgan fingerprint density at radius 1 is 1.03 bits per heavy atom. The van der Waals surface area contributed by atoms with Crippen LogP contribution in [0.25, 0.3) is 55.8 Å². The van der Waals surface area contributed by atoms with Gasteiger partial charge in [-0.15, -0.1) is 0 Å². The molecule has 6 aromatic rings. The summed E-state index contributed by atoms with van der Waals surface area (Å²) in [7, 11) is 0. The molecule has 0 aliphatic rings. The minimum Gasteiger partial charge on any atom is -0.472 e. The number of anilines is 1. The van der Waals surface area contributed by atoms with Gasteiger partial charge in [-0.05, 0) is 30.3 Å². The number of furan rings is 1. The van der Waals surface area contributed by atoms with E-state index in [0.29, 0.717) is 50.4 Å². The van der Waals surface area contributed by atoms with E-state index in [1.165, 1.54) is 6.20 Å². The van der Waals surface area contributed by atoms with Gasteiger partial charge in [0.05, 0.1) is 34.6 Å². The van der Waals surface area contributed by atoms with Gasteiger partial charge in [-0.3, -0.25) is 10.1 Å². The fourth-order valence-corrected chi connectivity index (χ4v) is 3.75. The first-order valence-corrected chi connectivity index (χ1v) is 9.44. The van der Waals surface area contributed by atoms with Crippen LogP contribution in [-0.2, 0) is 0 Å². The van der Waals surface area contributed by atoms with Crippen molar-refractivity contribution in [1.82, 2.24) is 30.1 Å². The first-order valence-electron chi connectivity index (χ1n) is 9.44. The lowest BCUT2D eigenvalue weighted by Gasteiger charge is -2.05. The maximum Gasteiger partial charge on any atom is 0.178 e. The smallest absolute Gasteiger partial charge is 0.178 e. The number of H-pyrrole nitrogens is 2. The van der Waals surface area contributed by atoms with Crippen LogP contribution in [0.15, 0.2) is 65.9 Å². The van der Waals surface area contributed by atoms with E-state index in [1.807, 2.05) is 12.1 Å². The van der Waals surface area contributed by atoms with Crippen LogP contribution in [0.1, 0.15) is 0 Å². The lowest BCUT2D eigenvalue weighted by molar-refractivity contribution is 0.568. The van der Waals surface area contributed by atoms with Crippen LogP contribution in [0.2, 0.25) is 0 Å². The summed E-state index contributed by atoms with van der Waals surface area (Å²) >= 11 is 0. The lowest BCUT2D eigenvalue weighted by Crippen LogP contribution is -1.91. The van der Waals surface area contributed by atoms with Gasteiger partial charge >= 0.3 is 0 Å². The zero-order valence-corrected chi connectivity index (χ0v) is 15.9. The van der Waals surface area contributed by atoms with Gasteiger partial charge in [-0.1, -0.05) is 0 Å². The Morgan fingerprint density at radius 3 is 2.81 bits per heavy atom. The summed E-state index contributed by atoms with van der Waals surface area (Å²) in [5.41, 5.74) is 11.1. The summed E-state index contributed by atoms with van der Waals surface area (Å²) in [5, 5.41) is 7.52. The SMILES string of the molecule is Nc1cncc(-c2ccc3[nH]nc(-c4nc5nccc(-c6ccoc6)c5[nH]4)c3c2F)c1. The maximum atomic E-state index is 15.6. The van der Waals surface area contributed by atoms with Gasteiger partial charge < -0.3 is 15.1 Å². The van der Waals surface area contributed by atoms with Gasteiger partial charge in [0, 0.05) is 40.8 Å². The minimum absolute atomic E-state index is 0.323. The molecule has 0 saturated heterocycles. The number of nitrogen functional groups attached to an aromatic ring is 1. The van der Waals surface area contributed by atoms with E-state index >= 15 is 4.39 Å². The summed E-state index contributed by atoms with van der Waals surface area (Å²) in [5.74, 6) is -0.0245. The monoisotopic (exact) mass is 411 g/mol. The molecule has 9 heteroatoms. The molecule has 0 atom stereocenters.